The molecule has 2 aromatic rings. The Hall–Kier alpha value is -2.28. The predicted octanol–water partition coefficient (Wildman–Crippen LogP) is 2.54. The molecule has 0 fully saturated rings. The van der Waals surface area contributed by atoms with Gasteiger partial charge in [-0.05, 0) is 29.8 Å². The third-order valence-corrected chi connectivity index (χ3v) is 4.35. The molecule has 7 heteroatoms. The molecule has 0 amide bonds. The van der Waals surface area contributed by atoms with Crippen LogP contribution >= 0.6 is 0 Å². The van der Waals surface area contributed by atoms with Gasteiger partial charge < -0.3 is 9.47 Å². The number of hydrogen-bond donors (Lipinski definition) is 1. The molecule has 0 aromatic heterocycles. The molecule has 0 atom stereocenters. The Morgan fingerprint density at radius 1 is 1.00 bits per heavy atom. The average Bonchev–Trinajstić information content (AvgIpc) is 2.49. The van der Waals surface area contributed by atoms with E-state index in [2.05, 4.69) is 4.72 Å². The molecular weight excluding hydrogens is 309 g/mol. The first-order valence-electron chi connectivity index (χ1n) is 6.66. The summed E-state index contributed by atoms with van der Waals surface area (Å²) in [6.07, 6.45) is 0. The SMILES string of the molecule is O=S(=O)(Cc1ccc(F)cc1)Nc1ccc2c(c1)OCCO2. The van der Waals surface area contributed by atoms with Gasteiger partial charge in [-0.2, -0.15) is 0 Å². The molecule has 0 saturated heterocycles. The number of sulfonamides is 1. The van der Waals surface area contributed by atoms with Crippen molar-refractivity contribution in [3.63, 3.8) is 0 Å². The smallest absolute Gasteiger partial charge is 0.236 e. The Kier molecular flexibility index (Phi) is 3.89. The number of hydrogen-bond acceptors (Lipinski definition) is 4. The van der Waals surface area contributed by atoms with Crippen LogP contribution in [0.1, 0.15) is 5.56 Å². The average molecular weight is 323 g/mol. The van der Waals surface area contributed by atoms with E-state index in [1.165, 1.54) is 24.3 Å². The number of ether oxygens (including phenoxy) is 2. The van der Waals surface area contributed by atoms with Crippen molar-refractivity contribution in [1.82, 2.24) is 0 Å². The lowest BCUT2D eigenvalue weighted by Gasteiger charge is -2.19. The van der Waals surface area contributed by atoms with Crippen LogP contribution < -0.4 is 14.2 Å². The number of halogens is 1. The lowest BCUT2D eigenvalue weighted by atomic mass is 10.2. The first-order chi connectivity index (χ1) is 10.5. The zero-order chi connectivity index (χ0) is 15.6. The van der Waals surface area contributed by atoms with Gasteiger partial charge in [-0.3, -0.25) is 4.72 Å². The summed E-state index contributed by atoms with van der Waals surface area (Å²) in [5.74, 6) is 0.462. The molecule has 0 saturated carbocycles. The third kappa shape index (κ3) is 3.48. The van der Waals surface area contributed by atoms with E-state index in [-0.39, 0.29) is 5.75 Å². The van der Waals surface area contributed by atoms with Gasteiger partial charge in [0.25, 0.3) is 0 Å². The minimum absolute atomic E-state index is 0.234. The normalized spacial score (nSPS) is 13.7. The van der Waals surface area contributed by atoms with Crippen LogP contribution in [-0.4, -0.2) is 21.6 Å². The van der Waals surface area contributed by atoms with Crippen molar-refractivity contribution >= 4 is 15.7 Å². The van der Waals surface area contributed by atoms with E-state index in [0.717, 1.165) is 0 Å². The highest BCUT2D eigenvalue weighted by Crippen LogP contribution is 2.33. The van der Waals surface area contributed by atoms with E-state index in [4.69, 9.17) is 9.47 Å². The molecule has 1 aliphatic rings. The minimum atomic E-state index is -3.60. The fraction of sp³-hybridized carbons (Fsp3) is 0.200. The van der Waals surface area contributed by atoms with Crippen LogP contribution in [0.4, 0.5) is 10.1 Å². The van der Waals surface area contributed by atoms with Crippen LogP contribution in [0.3, 0.4) is 0 Å². The fourth-order valence-electron chi connectivity index (χ4n) is 2.12. The largest absolute Gasteiger partial charge is 0.486 e. The van der Waals surface area contributed by atoms with Crippen molar-refractivity contribution in [2.45, 2.75) is 5.75 Å². The highest BCUT2D eigenvalue weighted by Gasteiger charge is 2.16. The molecule has 0 unspecified atom stereocenters. The summed E-state index contributed by atoms with van der Waals surface area (Å²) >= 11 is 0. The van der Waals surface area contributed by atoms with Crippen LogP contribution in [0.15, 0.2) is 42.5 Å². The van der Waals surface area contributed by atoms with Crippen LogP contribution in [0.5, 0.6) is 11.5 Å². The first-order valence-corrected chi connectivity index (χ1v) is 8.32. The molecule has 2 aromatic carbocycles. The Bertz CT molecular complexity index is 775. The number of nitrogens with one attached hydrogen (secondary N) is 1. The molecule has 0 bridgehead atoms. The number of fused-ring (bicyclic) bond motifs is 1. The van der Waals surface area contributed by atoms with Gasteiger partial charge in [0.2, 0.25) is 10.0 Å². The van der Waals surface area contributed by atoms with Gasteiger partial charge in [0.15, 0.2) is 11.5 Å². The fourth-order valence-corrected chi connectivity index (χ4v) is 3.31. The van der Waals surface area contributed by atoms with Crippen LogP contribution in [0.25, 0.3) is 0 Å². The molecule has 5 nitrogen and oxygen atoms in total. The summed E-state index contributed by atoms with van der Waals surface area (Å²) < 4.78 is 50.4. The van der Waals surface area contributed by atoms with Crippen molar-refractivity contribution in [3.05, 3.63) is 53.8 Å². The van der Waals surface area contributed by atoms with Crippen molar-refractivity contribution in [2.75, 3.05) is 17.9 Å². The van der Waals surface area contributed by atoms with Gasteiger partial charge in [-0.25, -0.2) is 12.8 Å². The van der Waals surface area contributed by atoms with E-state index in [1.807, 2.05) is 0 Å². The van der Waals surface area contributed by atoms with Crippen molar-refractivity contribution < 1.29 is 22.3 Å². The maximum atomic E-state index is 12.8. The van der Waals surface area contributed by atoms with Crippen molar-refractivity contribution in [2.24, 2.45) is 0 Å². The maximum Gasteiger partial charge on any atom is 0.236 e. The number of benzene rings is 2. The van der Waals surface area contributed by atoms with E-state index < -0.39 is 15.8 Å². The molecule has 0 radical (unpaired) electrons. The monoisotopic (exact) mass is 323 g/mol. The lowest BCUT2D eigenvalue weighted by Crippen LogP contribution is -2.17. The van der Waals surface area contributed by atoms with Gasteiger partial charge in [0.05, 0.1) is 11.4 Å². The molecule has 0 aliphatic carbocycles. The second-order valence-electron chi connectivity index (χ2n) is 4.85. The zero-order valence-electron chi connectivity index (χ0n) is 11.6. The van der Waals surface area contributed by atoms with E-state index >= 15 is 0 Å². The number of rotatable bonds is 4. The van der Waals surface area contributed by atoms with Gasteiger partial charge in [0, 0.05) is 6.07 Å². The molecule has 1 aliphatic heterocycles. The van der Waals surface area contributed by atoms with Crippen LogP contribution in [0.2, 0.25) is 0 Å². The van der Waals surface area contributed by atoms with Gasteiger partial charge in [0.1, 0.15) is 19.0 Å². The van der Waals surface area contributed by atoms with Gasteiger partial charge in [-0.1, -0.05) is 12.1 Å². The van der Waals surface area contributed by atoms with E-state index in [0.29, 0.717) is 36.0 Å². The summed E-state index contributed by atoms with van der Waals surface area (Å²) in [5, 5.41) is 0. The van der Waals surface area contributed by atoms with Gasteiger partial charge in [-0.15, -0.1) is 0 Å². The molecule has 3 rings (SSSR count). The molecule has 1 N–H and O–H groups in total. The summed E-state index contributed by atoms with van der Waals surface area (Å²) in [7, 11) is -3.60. The van der Waals surface area contributed by atoms with E-state index in [9.17, 15) is 12.8 Å². The molecule has 22 heavy (non-hydrogen) atoms. The third-order valence-electron chi connectivity index (χ3n) is 3.09. The summed E-state index contributed by atoms with van der Waals surface area (Å²) in [4.78, 5) is 0. The molecule has 116 valence electrons. The standard InChI is InChI=1S/C15H14FNO4S/c16-12-3-1-11(2-4-12)10-22(18,19)17-13-5-6-14-15(9-13)21-8-7-20-14/h1-6,9,17H,7-8,10H2. The summed E-state index contributed by atoms with van der Waals surface area (Å²) in [6, 6.07) is 10.2. The second-order valence-corrected chi connectivity index (χ2v) is 6.57. The Morgan fingerprint density at radius 2 is 1.68 bits per heavy atom. The van der Waals surface area contributed by atoms with E-state index in [1.54, 1.807) is 18.2 Å². The zero-order valence-corrected chi connectivity index (χ0v) is 12.4. The highest BCUT2D eigenvalue weighted by atomic mass is 32.2. The topological polar surface area (TPSA) is 64.6 Å². The molecular formula is C15H14FNO4S. The first kappa shape index (κ1) is 14.6. The Labute approximate surface area is 127 Å². The minimum Gasteiger partial charge on any atom is -0.486 e. The van der Waals surface area contributed by atoms with Crippen LogP contribution in [-0.2, 0) is 15.8 Å². The molecule has 1 heterocycles. The Morgan fingerprint density at radius 3 is 2.41 bits per heavy atom. The summed E-state index contributed by atoms with van der Waals surface area (Å²) in [6.45, 7) is 0.904. The van der Waals surface area contributed by atoms with Crippen LogP contribution in [0, 0.1) is 5.82 Å². The highest BCUT2D eigenvalue weighted by molar-refractivity contribution is 7.91. The van der Waals surface area contributed by atoms with Gasteiger partial charge >= 0.3 is 0 Å². The Balaban J connectivity index is 1.75. The predicted molar refractivity (Wildman–Crippen MR) is 80.1 cm³/mol. The lowest BCUT2D eigenvalue weighted by molar-refractivity contribution is 0.171. The summed E-state index contributed by atoms with van der Waals surface area (Å²) in [5.41, 5.74) is 0.901. The molecule has 0 spiro atoms. The van der Waals surface area contributed by atoms with Crippen molar-refractivity contribution in [3.8, 4) is 11.5 Å². The maximum absolute atomic E-state index is 12.8. The second kappa shape index (κ2) is 5.84. The number of anilines is 1. The van der Waals surface area contributed by atoms with Crippen molar-refractivity contribution in [1.29, 1.82) is 0 Å². The quantitative estimate of drug-likeness (QED) is 0.939.